The van der Waals surface area contributed by atoms with Gasteiger partial charge >= 0.3 is 5.97 Å². The van der Waals surface area contributed by atoms with Crippen molar-refractivity contribution in [1.29, 1.82) is 0 Å². The number of benzene rings is 3. The van der Waals surface area contributed by atoms with Gasteiger partial charge in [0.15, 0.2) is 5.82 Å². The van der Waals surface area contributed by atoms with Crippen molar-refractivity contribution < 1.29 is 14.7 Å². The number of aliphatic carboxylic acids is 1. The monoisotopic (exact) mass is 419 g/mol. The number of carbonyl (C=O) groups excluding carboxylic acids is 1. The standard InChI is InChI=1S/C23H18ClN3O3/c24-17-8-4-7-15(11-17)16-9-10-18-20(12-16)26-27-22(18)25-23(30)19(13-21(28)29)14-5-2-1-3-6-14/h1-12,19H,13H2,(H,28,29)(H2,25,26,27,30). The van der Waals surface area contributed by atoms with Crippen LogP contribution in [0.5, 0.6) is 0 Å². The average molecular weight is 420 g/mol. The maximum absolute atomic E-state index is 12.9. The average Bonchev–Trinajstić information content (AvgIpc) is 3.14. The fraction of sp³-hybridized carbons (Fsp3) is 0.0870. The van der Waals surface area contributed by atoms with Gasteiger partial charge in [0.1, 0.15) is 0 Å². The summed E-state index contributed by atoms with van der Waals surface area (Å²) < 4.78 is 0. The van der Waals surface area contributed by atoms with Crippen LogP contribution >= 0.6 is 11.6 Å². The van der Waals surface area contributed by atoms with E-state index in [1.165, 1.54) is 0 Å². The number of nitrogens with one attached hydrogen (secondary N) is 2. The molecule has 1 unspecified atom stereocenters. The maximum Gasteiger partial charge on any atom is 0.304 e. The molecule has 1 atom stereocenters. The number of hydrogen-bond acceptors (Lipinski definition) is 3. The summed E-state index contributed by atoms with van der Waals surface area (Å²) in [6.45, 7) is 0. The summed E-state index contributed by atoms with van der Waals surface area (Å²) >= 11 is 6.08. The highest BCUT2D eigenvalue weighted by Gasteiger charge is 2.25. The van der Waals surface area contributed by atoms with Gasteiger partial charge in [-0.25, -0.2) is 0 Å². The van der Waals surface area contributed by atoms with Crippen LogP contribution in [0.2, 0.25) is 5.02 Å². The van der Waals surface area contributed by atoms with Gasteiger partial charge in [-0.05, 0) is 41.0 Å². The van der Waals surface area contributed by atoms with Gasteiger partial charge in [-0.1, -0.05) is 60.1 Å². The first-order valence-corrected chi connectivity index (χ1v) is 9.71. The molecule has 7 heteroatoms. The Kier molecular flexibility index (Phi) is 5.50. The number of halogens is 1. The van der Waals surface area contributed by atoms with Crippen LogP contribution in [0, 0.1) is 0 Å². The van der Waals surface area contributed by atoms with Crippen molar-refractivity contribution in [3.8, 4) is 11.1 Å². The summed E-state index contributed by atoms with van der Waals surface area (Å²) in [6.07, 6.45) is -0.308. The number of hydrogen-bond donors (Lipinski definition) is 3. The summed E-state index contributed by atoms with van der Waals surface area (Å²) in [5.41, 5.74) is 3.31. The zero-order valence-corrected chi connectivity index (χ0v) is 16.6. The second-order valence-electron chi connectivity index (χ2n) is 6.89. The van der Waals surface area contributed by atoms with E-state index in [1.54, 1.807) is 24.3 Å². The van der Waals surface area contributed by atoms with Crippen molar-refractivity contribution in [3.63, 3.8) is 0 Å². The Labute approximate surface area is 177 Å². The molecule has 1 heterocycles. The number of rotatable bonds is 6. The molecule has 6 nitrogen and oxygen atoms in total. The molecule has 3 aromatic carbocycles. The van der Waals surface area contributed by atoms with E-state index in [-0.39, 0.29) is 6.42 Å². The van der Waals surface area contributed by atoms with E-state index in [2.05, 4.69) is 15.5 Å². The van der Waals surface area contributed by atoms with Crippen LogP contribution in [0.1, 0.15) is 17.9 Å². The first-order chi connectivity index (χ1) is 14.5. The van der Waals surface area contributed by atoms with E-state index in [9.17, 15) is 14.7 Å². The summed E-state index contributed by atoms with van der Waals surface area (Å²) in [7, 11) is 0. The van der Waals surface area contributed by atoms with Crippen LogP contribution in [-0.2, 0) is 9.59 Å². The number of nitrogens with zero attached hydrogens (tertiary/aromatic N) is 1. The Balaban J connectivity index is 1.61. The van der Waals surface area contributed by atoms with E-state index in [0.717, 1.165) is 22.0 Å². The van der Waals surface area contributed by atoms with E-state index in [0.29, 0.717) is 16.4 Å². The third-order valence-corrected chi connectivity index (χ3v) is 5.09. The molecule has 150 valence electrons. The molecule has 1 aromatic heterocycles. The fourth-order valence-electron chi connectivity index (χ4n) is 3.39. The molecule has 0 saturated carbocycles. The van der Waals surface area contributed by atoms with Crippen LogP contribution in [0.15, 0.2) is 72.8 Å². The smallest absolute Gasteiger partial charge is 0.304 e. The van der Waals surface area contributed by atoms with E-state index >= 15 is 0 Å². The summed E-state index contributed by atoms with van der Waals surface area (Å²) in [6, 6.07) is 22.1. The van der Waals surface area contributed by atoms with Crippen molar-refractivity contribution in [1.82, 2.24) is 10.2 Å². The summed E-state index contributed by atoms with van der Waals surface area (Å²) in [5.74, 6) is -1.92. The van der Waals surface area contributed by atoms with Crippen LogP contribution in [0.4, 0.5) is 5.82 Å². The summed E-state index contributed by atoms with van der Waals surface area (Å²) in [4.78, 5) is 24.2. The Bertz CT molecular complexity index is 1220. The zero-order valence-electron chi connectivity index (χ0n) is 15.8. The number of carboxylic acids is 1. The normalized spacial score (nSPS) is 11.9. The molecular formula is C23H18ClN3O3. The summed E-state index contributed by atoms with van der Waals surface area (Å²) in [5, 5.41) is 20.5. The maximum atomic E-state index is 12.9. The van der Waals surface area contributed by atoms with E-state index < -0.39 is 17.8 Å². The molecule has 1 amide bonds. The minimum Gasteiger partial charge on any atom is -0.481 e. The Morgan fingerprint density at radius 2 is 1.77 bits per heavy atom. The lowest BCUT2D eigenvalue weighted by Gasteiger charge is -2.14. The predicted octanol–water partition coefficient (Wildman–Crippen LogP) is 5.08. The molecule has 4 rings (SSSR count). The zero-order chi connectivity index (χ0) is 21.1. The van der Waals surface area contributed by atoms with Gasteiger partial charge in [-0.15, -0.1) is 0 Å². The third kappa shape index (κ3) is 4.18. The topological polar surface area (TPSA) is 95.1 Å². The highest BCUT2D eigenvalue weighted by Crippen LogP contribution is 2.29. The third-order valence-electron chi connectivity index (χ3n) is 4.86. The molecule has 4 aromatic rings. The Morgan fingerprint density at radius 3 is 2.50 bits per heavy atom. The highest BCUT2D eigenvalue weighted by atomic mass is 35.5. The highest BCUT2D eigenvalue weighted by molar-refractivity contribution is 6.30. The molecule has 0 bridgehead atoms. The quantitative estimate of drug-likeness (QED) is 0.406. The largest absolute Gasteiger partial charge is 0.481 e. The number of aromatic amines is 1. The molecule has 0 fully saturated rings. The number of H-pyrrole nitrogens is 1. The van der Waals surface area contributed by atoms with Gasteiger partial charge in [-0.3, -0.25) is 14.7 Å². The minimum atomic E-state index is -1.04. The lowest BCUT2D eigenvalue weighted by Crippen LogP contribution is -2.23. The number of fused-ring (bicyclic) bond motifs is 1. The molecule has 0 saturated heterocycles. The molecule has 30 heavy (non-hydrogen) atoms. The molecule has 0 aliphatic heterocycles. The first-order valence-electron chi connectivity index (χ1n) is 9.33. The van der Waals surface area contributed by atoms with Crippen LogP contribution < -0.4 is 5.32 Å². The second kappa shape index (κ2) is 8.39. The Hall–Kier alpha value is -3.64. The number of carboxylic acid groups (broad SMARTS) is 1. The fourth-order valence-corrected chi connectivity index (χ4v) is 3.58. The molecule has 0 spiro atoms. The van der Waals surface area contributed by atoms with Crippen molar-refractivity contribution in [2.45, 2.75) is 12.3 Å². The Morgan fingerprint density at radius 1 is 1.00 bits per heavy atom. The molecular weight excluding hydrogens is 402 g/mol. The van der Waals surface area contributed by atoms with Crippen LogP contribution in [-0.4, -0.2) is 27.2 Å². The number of carbonyl (C=O) groups is 2. The van der Waals surface area contributed by atoms with Crippen LogP contribution in [0.3, 0.4) is 0 Å². The minimum absolute atomic E-state index is 0.308. The SMILES string of the molecule is O=C(O)CC(C(=O)Nc1n[nH]c2cc(-c3cccc(Cl)c3)ccc12)c1ccccc1. The predicted molar refractivity (Wildman–Crippen MR) is 117 cm³/mol. The second-order valence-corrected chi connectivity index (χ2v) is 7.33. The van der Waals surface area contributed by atoms with Gasteiger partial charge in [-0.2, -0.15) is 5.10 Å². The number of anilines is 1. The van der Waals surface area contributed by atoms with Gasteiger partial charge < -0.3 is 10.4 Å². The molecule has 3 N–H and O–H groups in total. The van der Waals surface area contributed by atoms with Gasteiger partial charge in [0.2, 0.25) is 5.91 Å². The van der Waals surface area contributed by atoms with Crippen molar-refractivity contribution >= 4 is 40.2 Å². The number of aromatic nitrogens is 2. The number of amides is 1. The first kappa shape index (κ1) is 19.7. The van der Waals surface area contributed by atoms with E-state index in [4.69, 9.17) is 11.6 Å². The lowest BCUT2D eigenvalue weighted by atomic mass is 9.95. The lowest BCUT2D eigenvalue weighted by molar-refractivity contribution is -0.139. The molecule has 0 aliphatic rings. The van der Waals surface area contributed by atoms with Crippen LogP contribution in [0.25, 0.3) is 22.0 Å². The molecule has 0 radical (unpaired) electrons. The van der Waals surface area contributed by atoms with Gasteiger partial charge in [0, 0.05) is 10.4 Å². The van der Waals surface area contributed by atoms with Crippen molar-refractivity contribution in [2.75, 3.05) is 5.32 Å². The van der Waals surface area contributed by atoms with Gasteiger partial charge in [0.25, 0.3) is 0 Å². The van der Waals surface area contributed by atoms with Crippen molar-refractivity contribution in [3.05, 3.63) is 83.4 Å². The van der Waals surface area contributed by atoms with Gasteiger partial charge in [0.05, 0.1) is 17.9 Å². The van der Waals surface area contributed by atoms with Crippen molar-refractivity contribution in [2.24, 2.45) is 0 Å². The molecule has 0 aliphatic carbocycles. The van der Waals surface area contributed by atoms with E-state index in [1.807, 2.05) is 48.5 Å².